The molecule has 9 heteroatoms. The SMILES string of the molecule is Cl.O=C(NCc1ccc(S(=O)(=O)N2CCCC2)cc1)C1COCCN1. The molecule has 1 atom stereocenters. The third-order valence-corrected chi connectivity index (χ3v) is 6.24. The molecule has 1 aromatic rings. The Morgan fingerprint density at radius 3 is 2.52 bits per heavy atom. The zero-order valence-electron chi connectivity index (χ0n) is 13.9. The van der Waals surface area contributed by atoms with Crippen molar-refractivity contribution in [2.24, 2.45) is 0 Å². The maximum absolute atomic E-state index is 12.5. The number of ether oxygens (including phenoxy) is 1. The standard InChI is InChI=1S/C16H23N3O4S.ClH/c20-16(15-12-23-10-7-17-15)18-11-13-3-5-14(6-4-13)24(21,22)19-8-1-2-9-19;/h3-6,15,17H,1-2,7-12H2,(H,18,20);1H. The lowest BCUT2D eigenvalue weighted by Crippen LogP contribution is -2.51. The van der Waals surface area contributed by atoms with Crippen LogP contribution in [0.3, 0.4) is 0 Å². The predicted octanol–water partition coefficient (Wildman–Crippen LogP) is 0.497. The van der Waals surface area contributed by atoms with E-state index in [1.807, 2.05) is 0 Å². The number of nitrogens with one attached hydrogen (secondary N) is 2. The molecule has 2 fully saturated rings. The minimum atomic E-state index is -3.38. The summed E-state index contributed by atoms with van der Waals surface area (Å²) >= 11 is 0. The number of carbonyl (C=O) groups is 1. The normalized spacial score (nSPS) is 21.5. The van der Waals surface area contributed by atoms with Gasteiger partial charge in [-0.15, -0.1) is 12.4 Å². The number of halogens is 1. The number of hydrogen-bond donors (Lipinski definition) is 2. The lowest BCUT2D eigenvalue weighted by molar-refractivity contribution is -0.126. The Labute approximate surface area is 154 Å². The number of morpholine rings is 1. The molecular weight excluding hydrogens is 366 g/mol. The van der Waals surface area contributed by atoms with E-state index in [-0.39, 0.29) is 24.4 Å². The highest BCUT2D eigenvalue weighted by molar-refractivity contribution is 7.89. The first-order valence-electron chi connectivity index (χ1n) is 8.25. The summed E-state index contributed by atoms with van der Waals surface area (Å²) in [7, 11) is -3.38. The van der Waals surface area contributed by atoms with Crippen LogP contribution in [0.25, 0.3) is 0 Å². The van der Waals surface area contributed by atoms with Crippen molar-refractivity contribution in [2.45, 2.75) is 30.3 Å². The highest BCUT2D eigenvalue weighted by Crippen LogP contribution is 2.21. The fourth-order valence-corrected chi connectivity index (χ4v) is 4.42. The highest BCUT2D eigenvalue weighted by Gasteiger charge is 2.27. The van der Waals surface area contributed by atoms with Crippen LogP contribution in [-0.2, 0) is 26.1 Å². The minimum Gasteiger partial charge on any atom is -0.378 e. The second-order valence-corrected chi connectivity index (χ2v) is 7.99. The average Bonchev–Trinajstić information content (AvgIpc) is 3.16. The van der Waals surface area contributed by atoms with Gasteiger partial charge in [0.05, 0.1) is 18.1 Å². The lowest BCUT2D eigenvalue weighted by Gasteiger charge is -2.22. The molecule has 3 rings (SSSR count). The first-order chi connectivity index (χ1) is 11.6. The van der Waals surface area contributed by atoms with Crippen LogP contribution in [0.2, 0.25) is 0 Å². The van der Waals surface area contributed by atoms with E-state index < -0.39 is 10.0 Å². The van der Waals surface area contributed by atoms with Crippen molar-refractivity contribution in [3.05, 3.63) is 29.8 Å². The van der Waals surface area contributed by atoms with Gasteiger partial charge in [-0.25, -0.2) is 8.42 Å². The Bertz CT molecular complexity index is 669. The molecule has 0 aliphatic carbocycles. The number of nitrogens with zero attached hydrogens (tertiary/aromatic N) is 1. The van der Waals surface area contributed by atoms with Gasteiger partial charge < -0.3 is 15.4 Å². The summed E-state index contributed by atoms with van der Waals surface area (Å²) in [6, 6.07) is 6.38. The van der Waals surface area contributed by atoms with Gasteiger partial charge in [0.25, 0.3) is 0 Å². The molecule has 0 saturated carbocycles. The Morgan fingerprint density at radius 1 is 1.24 bits per heavy atom. The zero-order chi connectivity index (χ0) is 17.0. The van der Waals surface area contributed by atoms with Crippen molar-refractivity contribution in [3.63, 3.8) is 0 Å². The van der Waals surface area contributed by atoms with E-state index in [9.17, 15) is 13.2 Å². The molecule has 1 unspecified atom stereocenters. The molecule has 1 amide bonds. The molecule has 1 aromatic carbocycles. The predicted molar refractivity (Wildman–Crippen MR) is 96.1 cm³/mol. The van der Waals surface area contributed by atoms with Crippen LogP contribution in [0.1, 0.15) is 18.4 Å². The van der Waals surface area contributed by atoms with E-state index in [4.69, 9.17) is 4.74 Å². The minimum absolute atomic E-state index is 0. The summed E-state index contributed by atoms with van der Waals surface area (Å²) in [5, 5.41) is 5.93. The average molecular weight is 390 g/mol. The molecule has 0 aromatic heterocycles. The van der Waals surface area contributed by atoms with E-state index in [1.165, 1.54) is 4.31 Å². The van der Waals surface area contributed by atoms with E-state index in [2.05, 4.69) is 10.6 Å². The lowest BCUT2D eigenvalue weighted by atomic mass is 10.2. The van der Waals surface area contributed by atoms with Gasteiger partial charge in [0.15, 0.2) is 0 Å². The van der Waals surface area contributed by atoms with Gasteiger partial charge in [-0.2, -0.15) is 4.31 Å². The number of carbonyl (C=O) groups excluding carboxylic acids is 1. The summed E-state index contributed by atoms with van der Waals surface area (Å²) in [5.74, 6) is -0.108. The molecule has 140 valence electrons. The van der Waals surface area contributed by atoms with Crippen LogP contribution in [0, 0.1) is 0 Å². The van der Waals surface area contributed by atoms with Crippen LogP contribution < -0.4 is 10.6 Å². The van der Waals surface area contributed by atoms with Crippen LogP contribution in [0.5, 0.6) is 0 Å². The monoisotopic (exact) mass is 389 g/mol. The fourth-order valence-electron chi connectivity index (χ4n) is 2.90. The van der Waals surface area contributed by atoms with Crippen molar-refractivity contribution >= 4 is 28.3 Å². The third kappa shape index (κ3) is 4.92. The van der Waals surface area contributed by atoms with Crippen molar-refractivity contribution in [1.29, 1.82) is 0 Å². The van der Waals surface area contributed by atoms with Gasteiger partial charge in [-0.05, 0) is 30.5 Å². The number of benzene rings is 1. The summed E-state index contributed by atoms with van der Waals surface area (Å²) in [5.41, 5.74) is 0.862. The molecule has 2 aliphatic heterocycles. The van der Waals surface area contributed by atoms with Crippen molar-refractivity contribution in [1.82, 2.24) is 14.9 Å². The maximum atomic E-state index is 12.5. The van der Waals surface area contributed by atoms with Crippen LogP contribution in [0.4, 0.5) is 0 Å². The third-order valence-electron chi connectivity index (χ3n) is 4.33. The van der Waals surface area contributed by atoms with Gasteiger partial charge in [0.2, 0.25) is 15.9 Å². The zero-order valence-corrected chi connectivity index (χ0v) is 15.6. The van der Waals surface area contributed by atoms with Crippen LogP contribution in [-0.4, -0.2) is 57.5 Å². The molecule has 0 radical (unpaired) electrons. The van der Waals surface area contributed by atoms with E-state index >= 15 is 0 Å². The largest absolute Gasteiger partial charge is 0.378 e. The van der Waals surface area contributed by atoms with E-state index in [0.29, 0.717) is 44.3 Å². The second-order valence-electron chi connectivity index (χ2n) is 6.05. The summed E-state index contributed by atoms with van der Waals surface area (Å²) in [6.45, 7) is 3.21. The van der Waals surface area contributed by atoms with Gasteiger partial charge in [0, 0.05) is 26.2 Å². The van der Waals surface area contributed by atoms with Gasteiger partial charge in [-0.1, -0.05) is 12.1 Å². The maximum Gasteiger partial charge on any atom is 0.243 e. The Morgan fingerprint density at radius 2 is 1.92 bits per heavy atom. The number of amides is 1. The number of sulfonamides is 1. The van der Waals surface area contributed by atoms with Crippen LogP contribution >= 0.6 is 12.4 Å². The van der Waals surface area contributed by atoms with Crippen molar-refractivity contribution in [3.8, 4) is 0 Å². The molecule has 2 N–H and O–H groups in total. The van der Waals surface area contributed by atoms with Gasteiger partial charge in [-0.3, -0.25) is 4.79 Å². The highest BCUT2D eigenvalue weighted by atomic mass is 35.5. The van der Waals surface area contributed by atoms with Gasteiger partial charge >= 0.3 is 0 Å². The smallest absolute Gasteiger partial charge is 0.243 e. The summed E-state index contributed by atoms with van der Waals surface area (Å²) < 4.78 is 31.7. The molecule has 2 saturated heterocycles. The van der Waals surface area contributed by atoms with Crippen molar-refractivity contribution < 1.29 is 17.9 Å². The van der Waals surface area contributed by atoms with Crippen LogP contribution in [0.15, 0.2) is 29.2 Å². The first kappa shape index (κ1) is 20.1. The summed E-state index contributed by atoms with van der Waals surface area (Å²) in [6.07, 6.45) is 1.84. The first-order valence-corrected chi connectivity index (χ1v) is 9.69. The number of rotatable bonds is 5. The van der Waals surface area contributed by atoms with Gasteiger partial charge in [0.1, 0.15) is 6.04 Å². The molecular formula is C16H24ClN3O4S. The topological polar surface area (TPSA) is 87.7 Å². The molecule has 2 heterocycles. The molecule has 25 heavy (non-hydrogen) atoms. The Balaban J connectivity index is 0.00000225. The number of hydrogen-bond acceptors (Lipinski definition) is 5. The molecule has 0 bridgehead atoms. The quantitative estimate of drug-likeness (QED) is 0.765. The Kier molecular flexibility index (Phi) is 7.21. The summed E-state index contributed by atoms with van der Waals surface area (Å²) in [4.78, 5) is 12.3. The van der Waals surface area contributed by atoms with E-state index in [0.717, 1.165) is 18.4 Å². The van der Waals surface area contributed by atoms with Crippen molar-refractivity contribution in [2.75, 3.05) is 32.8 Å². The molecule has 0 spiro atoms. The molecule has 7 nitrogen and oxygen atoms in total. The van der Waals surface area contributed by atoms with E-state index in [1.54, 1.807) is 24.3 Å². The second kappa shape index (κ2) is 8.95. The Hall–Kier alpha value is -1.19. The fraction of sp³-hybridized carbons (Fsp3) is 0.562. The molecule has 2 aliphatic rings.